The van der Waals surface area contributed by atoms with Crippen LogP contribution in [-0.4, -0.2) is 32.3 Å². The third kappa shape index (κ3) is 5.83. The van der Waals surface area contributed by atoms with Gasteiger partial charge in [-0.05, 0) is 31.0 Å². The van der Waals surface area contributed by atoms with Gasteiger partial charge in [0.05, 0.1) is 13.7 Å². The summed E-state index contributed by atoms with van der Waals surface area (Å²) < 4.78 is 11.1. The first-order chi connectivity index (χ1) is 11.7. The fraction of sp³-hybridized carbons (Fsp3) is 0.316. The van der Waals surface area contributed by atoms with Gasteiger partial charge in [0.15, 0.2) is 17.5 Å². The predicted octanol–water partition coefficient (Wildman–Crippen LogP) is 2.61. The lowest BCUT2D eigenvalue weighted by Gasteiger charge is -2.15. The Morgan fingerprint density at radius 2 is 1.75 bits per heavy atom. The normalized spacial score (nSPS) is 12.5. The van der Waals surface area contributed by atoms with Crippen molar-refractivity contribution in [3.05, 3.63) is 60.2 Å². The Morgan fingerprint density at radius 3 is 2.46 bits per heavy atom. The molecule has 2 rings (SSSR count). The molecular formula is C19H25N3O2. The van der Waals surface area contributed by atoms with E-state index in [1.54, 1.807) is 7.11 Å². The molecule has 0 aliphatic carbocycles. The summed E-state index contributed by atoms with van der Waals surface area (Å²) in [6.07, 6.45) is 0.806. The second-order valence-electron chi connectivity index (χ2n) is 5.47. The van der Waals surface area contributed by atoms with E-state index in [1.165, 1.54) is 5.56 Å². The summed E-state index contributed by atoms with van der Waals surface area (Å²) in [7, 11) is 1.62. The number of hydrogen-bond donors (Lipinski definition) is 2. The molecular weight excluding hydrogens is 302 g/mol. The molecule has 0 heterocycles. The lowest BCUT2D eigenvalue weighted by Crippen LogP contribution is -2.34. The number of nitrogens with one attached hydrogen (secondary N) is 1. The summed E-state index contributed by atoms with van der Waals surface area (Å²) in [5.74, 6) is 1.85. The average Bonchev–Trinajstić information content (AvgIpc) is 2.61. The number of para-hydroxylation sites is 2. The number of benzene rings is 2. The van der Waals surface area contributed by atoms with Gasteiger partial charge in [0, 0.05) is 6.54 Å². The predicted molar refractivity (Wildman–Crippen MR) is 97.7 cm³/mol. The zero-order valence-electron chi connectivity index (χ0n) is 14.2. The Morgan fingerprint density at radius 1 is 1.08 bits per heavy atom. The van der Waals surface area contributed by atoms with E-state index in [2.05, 4.69) is 22.4 Å². The molecule has 5 heteroatoms. The van der Waals surface area contributed by atoms with Crippen molar-refractivity contribution in [3.8, 4) is 11.5 Å². The maximum Gasteiger partial charge on any atom is 0.188 e. The van der Waals surface area contributed by atoms with Crippen LogP contribution in [0.3, 0.4) is 0 Å². The van der Waals surface area contributed by atoms with E-state index in [1.807, 2.05) is 49.4 Å². The number of aliphatic imine (C=N–C) groups is 1. The van der Waals surface area contributed by atoms with Crippen molar-refractivity contribution in [2.75, 3.05) is 20.2 Å². The van der Waals surface area contributed by atoms with Crippen LogP contribution in [0, 0.1) is 0 Å². The molecule has 2 aromatic carbocycles. The number of ether oxygens (including phenoxy) is 2. The van der Waals surface area contributed by atoms with Gasteiger partial charge in [-0.15, -0.1) is 0 Å². The molecule has 24 heavy (non-hydrogen) atoms. The van der Waals surface area contributed by atoms with Crippen LogP contribution in [0.25, 0.3) is 0 Å². The van der Waals surface area contributed by atoms with Gasteiger partial charge in [-0.2, -0.15) is 0 Å². The zero-order valence-corrected chi connectivity index (χ0v) is 14.2. The molecule has 5 nitrogen and oxygen atoms in total. The Balaban J connectivity index is 1.75. The average molecular weight is 327 g/mol. The van der Waals surface area contributed by atoms with Crippen LogP contribution in [0.2, 0.25) is 0 Å². The fourth-order valence-corrected chi connectivity index (χ4v) is 2.23. The fourth-order valence-electron chi connectivity index (χ4n) is 2.23. The molecule has 0 aromatic heterocycles. The summed E-state index contributed by atoms with van der Waals surface area (Å²) in [6.45, 7) is 3.18. The van der Waals surface area contributed by atoms with E-state index < -0.39 is 0 Å². The van der Waals surface area contributed by atoms with Gasteiger partial charge in [0.25, 0.3) is 0 Å². The molecule has 0 spiro atoms. The number of nitrogens with two attached hydrogens (primary N) is 1. The number of methoxy groups -OCH3 is 1. The maximum atomic E-state index is 5.89. The third-order valence-electron chi connectivity index (χ3n) is 3.48. The van der Waals surface area contributed by atoms with Crippen molar-refractivity contribution < 1.29 is 9.47 Å². The van der Waals surface area contributed by atoms with E-state index >= 15 is 0 Å². The molecule has 0 amide bonds. The van der Waals surface area contributed by atoms with E-state index in [-0.39, 0.29) is 6.10 Å². The molecule has 0 aliphatic heterocycles. The molecule has 0 saturated carbocycles. The monoisotopic (exact) mass is 327 g/mol. The highest BCUT2D eigenvalue weighted by molar-refractivity contribution is 5.77. The van der Waals surface area contributed by atoms with E-state index in [4.69, 9.17) is 15.2 Å². The zero-order chi connectivity index (χ0) is 17.2. The molecule has 0 bridgehead atoms. The Kier molecular flexibility index (Phi) is 6.95. The van der Waals surface area contributed by atoms with E-state index in [0.717, 1.165) is 13.0 Å². The lowest BCUT2D eigenvalue weighted by molar-refractivity contribution is 0.219. The van der Waals surface area contributed by atoms with Crippen LogP contribution in [0.15, 0.2) is 59.6 Å². The minimum absolute atomic E-state index is 0.101. The molecule has 0 fully saturated rings. The van der Waals surface area contributed by atoms with Gasteiger partial charge in [-0.1, -0.05) is 42.5 Å². The van der Waals surface area contributed by atoms with Crippen LogP contribution in [0.5, 0.6) is 11.5 Å². The molecule has 0 saturated heterocycles. The number of rotatable bonds is 8. The lowest BCUT2D eigenvalue weighted by atomic mass is 10.1. The SMILES string of the molecule is COc1ccccc1OC(C)CN=C(N)NCCc1ccccc1. The standard InChI is InChI=1S/C19H25N3O2/c1-15(24-18-11-7-6-10-17(18)23-2)14-22-19(20)21-13-12-16-8-4-3-5-9-16/h3-11,15H,12-14H2,1-2H3,(H3,20,21,22). The van der Waals surface area contributed by atoms with Gasteiger partial charge in [0.2, 0.25) is 0 Å². The van der Waals surface area contributed by atoms with Gasteiger partial charge >= 0.3 is 0 Å². The topological polar surface area (TPSA) is 68.9 Å². The number of nitrogens with zero attached hydrogens (tertiary/aromatic N) is 1. The Labute approximate surface area is 143 Å². The first-order valence-corrected chi connectivity index (χ1v) is 8.06. The molecule has 3 N–H and O–H groups in total. The van der Waals surface area contributed by atoms with Crippen molar-refractivity contribution in [1.82, 2.24) is 5.32 Å². The summed E-state index contributed by atoms with van der Waals surface area (Å²) in [4.78, 5) is 4.32. The minimum atomic E-state index is -0.101. The summed E-state index contributed by atoms with van der Waals surface area (Å²) in [5.41, 5.74) is 7.16. The highest BCUT2D eigenvalue weighted by Crippen LogP contribution is 2.26. The third-order valence-corrected chi connectivity index (χ3v) is 3.48. The van der Waals surface area contributed by atoms with Crippen LogP contribution in [-0.2, 0) is 6.42 Å². The van der Waals surface area contributed by atoms with Crippen molar-refractivity contribution in [2.45, 2.75) is 19.4 Å². The van der Waals surface area contributed by atoms with E-state index in [9.17, 15) is 0 Å². The van der Waals surface area contributed by atoms with Crippen molar-refractivity contribution in [1.29, 1.82) is 0 Å². The van der Waals surface area contributed by atoms with Crippen molar-refractivity contribution in [3.63, 3.8) is 0 Å². The van der Waals surface area contributed by atoms with Crippen LogP contribution >= 0.6 is 0 Å². The van der Waals surface area contributed by atoms with Gasteiger partial charge in [0.1, 0.15) is 6.10 Å². The quantitative estimate of drug-likeness (QED) is 0.578. The molecule has 1 atom stereocenters. The molecule has 1 unspecified atom stereocenters. The molecule has 0 radical (unpaired) electrons. The van der Waals surface area contributed by atoms with Crippen molar-refractivity contribution >= 4 is 5.96 Å². The summed E-state index contributed by atoms with van der Waals surface area (Å²) >= 11 is 0. The number of guanidine groups is 1. The minimum Gasteiger partial charge on any atom is -0.493 e. The van der Waals surface area contributed by atoms with Crippen LogP contribution in [0.1, 0.15) is 12.5 Å². The molecule has 0 aliphatic rings. The molecule has 128 valence electrons. The van der Waals surface area contributed by atoms with Gasteiger partial charge in [-0.3, -0.25) is 0 Å². The number of hydrogen-bond acceptors (Lipinski definition) is 3. The van der Waals surface area contributed by atoms with E-state index in [0.29, 0.717) is 24.0 Å². The first kappa shape index (κ1) is 17.7. The Hall–Kier alpha value is -2.69. The van der Waals surface area contributed by atoms with Crippen molar-refractivity contribution in [2.24, 2.45) is 10.7 Å². The second kappa shape index (κ2) is 9.45. The van der Waals surface area contributed by atoms with Gasteiger partial charge in [-0.25, -0.2) is 4.99 Å². The summed E-state index contributed by atoms with van der Waals surface area (Å²) in [6, 6.07) is 17.8. The maximum absolute atomic E-state index is 5.89. The highest BCUT2D eigenvalue weighted by Gasteiger charge is 2.08. The van der Waals surface area contributed by atoms with Gasteiger partial charge < -0.3 is 20.5 Å². The Bertz CT molecular complexity index is 644. The smallest absolute Gasteiger partial charge is 0.188 e. The summed E-state index contributed by atoms with van der Waals surface area (Å²) in [5, 5.41) is 3.12. The van der Waals surface area contributed by atoms with Crippen LogP contribution < -0.4 is 20.5 Å². The molecule has 2 aromatic rings. The van der Waals surface area contributed by atoms with Crippen LogP contribution in [0.4, 0.5) is 0 Å². The second-order valence-corrected chi connectivity index (χ2v) is 5.47. The first-order valence-electron chi connectivity index (χ1n) is 8.06. The largest absolute Gasteiger partial charge is 0.493 e. The highest BCUT2D eigenvalue weighted by atomic mass is 16.5.